The number of unbranched alkanes of at least 4 members (excludes halogenated alkanes) is 1. The summed E-state index contributed by atoms with van der Waals surface area (Å²) in [7, 11) is 0. The van der Waals surface area contributed by atoms with Gasteiger partial charge in [0.05, 0.1) is 0 Å². The first-order valence-corrected chi connectivity index (χ1v) is 7.03. The van der Waals surface area contributed by atoms with Gasteiger partial charge < -0.3 is 10.4 Å². The Morgan fingerprint density at radius 1 is 1.24 bits per heavy atom. The highest BCUT2D eigenvalue weighted by Gasteiger charge is 2.20. The van der Waals surface area contributed by atoms with Crippen molar-refractivity contribution in [2.24, 2.45) is 5.92 Å². The van der Waals surface area contributed by atoms with E-state index in [2.05, 4.69) is 33.0 Å². The van der Waals surface area contributed by atoms with E-state index in [1.807, 2.05) is 0 Å². The summed E-state index contributed by atoms with van der Waals surface area (Å²) in [5.74, 6) is -0.0471. The molecule has 17 heavy (non-hydrogen) atoms. The number of carboxylic acid groups (broad SMARTS) is 1. The van der Waals surface area contributed by atoms with Crippen LogP contribution in [0.3, 0.4) is 0 Å². The van der Waals surface area contributed by atoms with Crippen molar-refractivity contribution < 1.29 is 9.90 Å². The summed E-state index contributed by atoms with van der Waals surface area (Å²) in [5, 5.41) is 12.5. The van der Waals surface area contributed by atoms with Crippen LogP contribution in [-0.2, 0) is 4.79 Å². The molecule has 0 aliphatic carbocycles. The van der Waals surface area contributed by atoms with Gasteiger partial charge in [-0.15, -0.1) is 0 Å². The second-order valence-corrected chi connectivity index (χ2v) is 5.05. The van der Waals surface area contributed by atoms with E-state index in [4.69, 9.17) is 0 Å². The van der Waals surface area contributed by atoms with Crippen LogP contribution >= 0.6 is 0 Å². The third-order valence-electron chi connectivity index (χ3n) is 3.46. The van der Waals surface area contributed by atoms with Crippen LogP contribution in [-0.4, -0.2) is 23.2 Å². The maximum atomic E-state index is 11.1. The zero-order valence-corrected chi connectivity index (χ0v) is 11.8. The molecule has 0 amide bonds. The minimum atomic E-state index is -0.707. The Labute approximate surface area is 106 Å². The van der Waals surface area contributed by atoms with Gasteiger partial charge in [-0.25, -0.2) is 0 Å². The molecule has 0 radical (unpaired) electrons. The Hall–Kier alpha value is -0.570. The minimum absolute atomic E-state index is 0.336. The largest absolute Gasteiger partial charge is 0.480 e. The first-order chi connectivity index (χ1) is 8.04. The van der Waals surface area contributed by atoms with E-state index in [0.717, 1.165) is 38.5 Å². The van der Waals surface area contributed by atoms with Crippen LogP contribution in [0, 0.1) is 5.92 Å². The standard InChI is InChI=1S/C14H29NO2/c1-5-8-9-13(14(16)17)15-12(7-3)10-11(4)6-2/h11-13,15H,5-10H2,1-4H3,(H,16,17)/t11?,12?,13-/m0/s1. The second-order valence-electron chi connectivity index (χ2n) is 5.05. The number of carbonyl (C=O) groups is 1. The molecule has 102 valence electrons. The summed E-state index contributed by atoms with van der Waals surface area (Å²) in [4.78, 5) is 11.1. The molecule has 0 heterocycles. The maximum Gasteiger partial charge on any atom is 0.320 e. The number of hydrogen-bond donors (Lipinski definition) is 2. The van der Waals surface area contributed by atoms with Crippen LogP contribution < -0.4 is 5.32 Å². The molecule has 0 rings (SSSR count). The van der Waals surface area contributed by atoms with E-state index >= 15 is 0 Å². The number of carboxylic acids is 1. The van der Waals surface area contributed by atoms with Crippen molar-refractivity contribution in [3.63, 3.8) is 0 Å². The summed E-state index contributed by atoms with van der Waals surface area (Å²) >= 11 is 0. The molecule has 0 aliphatic rings. The average molecular weight is 243 g/mol. The lowest BCUT2D eigenvalue weighted by Crippen LogP contribution is -2.43. The van der Waals surface area contributed by atoms with Gasteiger partial charge in [-0.05, 0) is 25.2 Å². The van der Waals surface area contributed by atoms with Crippen LogP contribution in [0.4, 0.5) is 0 Å². The van der Waals surface area contributed by atoms with E-state index < -0.39 is 5.97 Å². The summed E-state index contributed by atoms with van der Waals surface area (Å²) in [6.45, 7) is 8.63. The lowest BCUT2D eigenvalue weighted by Gasteiger charge is -2.24. The molecule has 0 saturated heterocycles. The van der Waals surface area contributed by atoms with Crippen molar-refractivity contribution in [3.8, 4) is 0 Å². The molecule has 3 heteroatoms. The topological polar surface area (TPSA) is 49.3 Å². The van der Waals surface area contributed by atoms with Gasteiger partial charge in [-0.1, -0.05) is 47.0 Å². The molecule has 3 nitrogen and oxygen atoms in total. The molecule has 0 aromatic rings. The summed E-state index contributed by atoms with van der Waals surface area (Å²) < 4.78 is 0. The molecule has 0 aliphatic heterocycles. The highest BCUT2D eigenvalue weighted by molar-refractivity contribution is 5.73. The molecule has 0 aromatic heterocycles. The van der Waals surface area contributed by atoms with Gasteiger partial charge in [0.15, 0.2) is 0 Å². The number of rotatable bonds is 10. The van der Waals surface area contributed by atoms with E-state index in [0.29, 0.717) is 12.0 Å². The van der Waals surface area contributed by atoms with E-state index in [1.165, 1.54) is 0 Å². The fraction of sp³-hybridized carbons (Fsp3) is 0.929. The zero-order chi connectivity index (χ0) is 13.3. The zero-order valence-electron chi connectivity index (χ0n) is 11.8. The average Bonchev–Trinajstić information content (AvgIpc) is 2.32. The Bertz CT molecular complexity index is 206. The summed E-state index contributed by atoms with van der Waals surface area (Å²) in [6.07, 6.45) is 5.99. The van der Waals surface area contributed by atoms with Crippen molar-refractivity contribution in [2.45, 2.75) is 78.3 Å². The van der Waals surface area contributed by atoms with Crippen LogP contribution in [0.1, 0.15) is 66.2 Å². The highest BCUT2D eigenvalue weighted by Crippen LogP contribution is 2.13. The predicted octanol–water partition coefficient (Wildman–Crippen LogP) is 3.43. The van der Waals surface area contributed by atoms with Crippen LogP contribution in [0.2, 0.25) is 0 Å². The lowest BCUT2D eigenvalue weighted by atomic mass is 9.96. The van der Waals surface area contributed by atoms with Crippen molar-refractivity contribution in [1.29, 1.82) is 0 Å². The fourth-order valence-corrected chi connectivity index (χ4v) is 1.98. The molecule has 0 fully saturated rings. The van der Waals surface area contributed by atoms with Gasteiger partial charge in [0, 0.05) is 6.04 Å². The van der Waals surface area contributed by atoms with Gasteiger partial charge in [-0.3, -0.25) is 4.79 Å². The molecule has 3 atom stereocenters. The Morgan fingerprint density at radius 3 is 2.29 bits per heavy atom. The fourth-order valence-electron chi connectivity index (χ4n) is 1.98. The van der Waals surface area contributed by atoms with Crippen molar-refractivity contribution in [1.82, 2.24) is 5.32 Å². The first kappa shape index (κ1) is 16.4. The number of nitrogens with one attached hydrogen (secondary N) is 1. The smallest absolute Gasteiger partial charge is 0.320 e. The molecule has 2 unspecified atom stereocenters. The molecular weight excluding hydrogens is 214 g/mol. The Kier molecular flexibility index (Phi) is 9.14. The highest BCUT2D eigenvalue weighted by atomic mass is 16.4. The van der Waals surface area contributed by atoms with Crippen LogP contribution in [0.15, 0.2) is 0 Å². The van der Waals surface area contributed by atoms with Gasteiger partial charge >= 0.3 is 5.97 Å². The molecule has 0 saturated carbocycles. The normalized spacial score (nSPS) is 16.5. The minimum Gasteiger partial charge on any atom is -0.480 e. The van der Waals surface area contributed by atoms with Crippen molar-refractivity contribution in [2.75, 3.05) is 0 Å². The predicted molar refractivity (Wildman–Crippen MR) is 72.2 cm³/mol. The Balaban J connectivity index is 4.22. The summed E-state index contributed by atoms with van der Waals surface area (Å²) in [5.41, 5.74) is 0. The Morgan fingerprint density at radius 2 is 1.88 bits per heavy atom. The monoisotopic (exact) mass is 243 g/mol. The third kappa shape index (κ3) is 7.37. The van der Waals surface area contributed by atoms with Crippen LogP contribution in [0.5, 0.6) is 0 Å². The van der Waals surface area contributed by atoms with E-state index in [1.54, 1.807) is 0 Å². The van der Waals surface area contributed by atoms with Crippen molar-refractivity contribution in [3.05, 3.63) is 0 Å². The molecule has 2 N–H and O–H groups in total. The van der Waals surface area contributed by atoms with Gasteiger partial charge in [-0.2, -0.15) is 0 Å². The van der Waals surface area contributed by atoms with Gasteiger partial charge in [0.25, 0.3) is 0 Å². The molecule has 0 aromatic carbocycles. The van der Waals surface area contributed by atoms with E-state index in [-0.39, 0.29) is 6.04 Å². The third-order valence-corrected chi connectivity index (χ3v) is 3.46. The first-order valence-electron chi connectivity index (χ1n) is 7.03. The van der Waals surface area contributed by atoms with Crippen LogP contribution in [0.25, 0.3) is 0 Å². The molecular formula is C14H29NO2. The van der Waals surface area contributed by atoms with E-state index in [9.17, 15) is 9.90 Å². The second kappa shape index (κ2) is 9.46. The molecule has 0 spiro atoms. The van der Waals surface area contributed by atoms with Gasteiger partial charge in [0.1, 0.15) is 6.04 Å². The SMILES string of the molecule is CCCC[C@H](NC(CC)CC(C)CC)C(=O)O. The lowest BCUT2D eigenvalue weighted by molar-refractivity contribution is -0.140. The number of hydrogen-bond acceptors (Lipinski definition) is 2. The quantitative estimate of drug-likeness (QED) is 0.618. The molecule has 0 bridgehead atoms. The van der Waals surface area contributed by atoms with Crippen molar-refractivity contribution >= 4 is 5.97 Å². The number of aliphatic carboxylic acids is 1. The summed E-state index contributed by atoms with van der Waals surface area (Å²) in [6, 6.07) is -0.0353. The van der Waals surface area contributed by atoms with Gasteiger partial charge in [0.2, 0.25) is 0 Å². The maximum absolute atomic E-state index is 11.1.